The molecule has 7 heteroatoms. The van der Waals surface area contributed by atoms with Crippen LogP contribution in [-0.4, -0.2) is 43.7 Å². The maximum atomic E-state index is 13.2. The van der Waals surface area contributed by atoms with E-state index in [4.69, 9.17) is 4.74 Å². The van der Waals surface area contributed by atoms with E-state index in [-0.39, 0.29) is 11.6 Å². The van der Waals surface area contributed by atoms with Gasteiger partial charge in [0.1, 0.15) is 5.69 Å². The molecule has 2 aromatic carbocycles. The van der Waals surface area contributed by atoms with Crippen LogP contribution < -0.4 is 9.80 Å². The summed E-state index contributed by atoms with van der Waals surface area (Å²) in [7, 11) is 0. The molecule has 0 bridgehead atoms. The van der Waals surface area contributed by atoms with E-state index >= 15 is 0 Å². The van der Waals surface area contributed by atoms with Gasteiger partial charge in [-0.25, -0.2) is 0 Å². The van der Waals surface area contributed by atoms with Gasteiger partial charge in [-0.15, -0.1) is 0 Å². The highest BCUT2D eigenvalue weighted by Gasteiger charge is 2.25. The van der Waals surface area contributed by atoms with Gasteiger partial charge in [-0.1, -0.05) is 31.5 Å². The molecule has 2 aromatic rings. The summed E-state index contributed by atoms with van der Waals surface area (Å²) in [6.07, 6.45) is 1.81. The minimum Gasteiger partial charge on any atom is -0.378 e. The van der Waals surface area contributed by atoms with Crippen molar-refractivity contribution < 1.29 is 14.5 Å². The maximum absolute atomic E-state index is 13.2. The van der Waals surface area contributed by atoms with Crippen molar-refractivity contribution in [2.75, 3.05) is 42.6 Å². The van der Waals surface area contributed by atoms with Crippen molar-refractivity contribution in [3.05, 3.63) is 64.2 Å². The van der Waals surface area contributed by atoms with Crippen LogP contribution in [0.15, 0.2) is 48.5 Å². The van der Waals surface area contributed by atoms with Gasteiger partial charge in [-0.2, -0.15) is 0 Å². The lowest BCUT2D eigenvalue weighted by Gasteiger charge is -2.28. The minimum atomic E-state index is -0.416. The molecule has 0 aromatic heterocycles. The molecule has 28 heavy (non-hydrogen) atoms. The van der Waals surface area contributed by atoms with Gasteiger partial charge in [0.2, 0.25) is 0 Å². The van der Waals surface area contributed by atoms with Gasteiger partial charge in [-0.05, 0) is 30.7 Å². The van der Waals surface area contributed by atoms with Gasteiger partial charge in [0.15, 0.2) is 0 Å². The lowest BCUT2D eigenvalue weighted by molar-refractivity contribution is -0.384. The second-order valence-corrected chi connectivity index (χ2v) is 6.71. The molecule has 3 rings (SSSR count). The summed E-state index contributed by atoms with van der Waals surface area (Å²) in [5.74, 6) is -0.226. The largest absolute Gasteiger partial charge is 0.378 e. The summed E-state index contributed by atoms with van der Waals surface area (Å²) in [6, 6.07) is 14.2. The number of unbranched alkanes of at least 4 members (excludes halogenated alkanes) is 1. The Morgan fingerprint density at radius 3 is 2.54 bits per heavy atom. The van der Waals surface area contributed by atoms with Crippen molar-refractivity contribution >= 4 is 23.0 Å². The number of amides is 1. The third kappa shape index (κ3) is 4.48. The number of rotatable bonds is 7. The van der Waals surface area contributed by atoms with Crippen LogP contribution in [0.5, 0.6) is 0 Å². The summed E-state index contributed by atoms with van der Waals surface area (Å²) < 4.78 is 5.33. The van der Waals surface area contributed by atoms with Crippen LogP contribution in [0.4, 0.5) is 17.1 Å². The van der Waals surface area contributed by atoms with Crippen LogP contribution in [0, 0.1) is 10.1 Å². The van der Waals surface area contributed by atoms with E-state index in [2.05, 4.69) is 6.92 Å². The van der Waals surface area contributed by atoms with E-state index in [1.165, 1.54) is 6.07 Å². The van der Waals surface area contributed by atoms with Crippen LogP contribution in [-0.2, 0) is 4.74 Å². The molecular weight excluding hydrogens is 358 g/mol. The number of para-hydroxylation sites is 1. The first-order valence-electron chi connectivity index (χ1n) is 9.60. The van der Waals surface area contributed by atoms with Crippen molar-refractivity contribution in [3.8, 4) is 0 Å². The average Bonchev–Trinajstić information content (AvgIpc) is 2.74. The zero-order valence-corrected chi connectivity index (χ0v) is 16.0. The molecule has 1 heterocycles. The number of carbonyl (C=O) groups excluding carboxylic acids is 1. The lowest BCUT2D eigenvalue weighted by atomic mass is 10.1. The van der Waals surface area contributed by atoms with Crippen LogP contribution in [0.3, 0.4) is 0 Å². The normalized spacial score (nSPS) is 14.0. The van der Waals surface area contributed by atoms with E-state index in [9.17, 15) is 14.9 Å². The lowest BCUT2D eigenvalue weighted by Crippen LogP contribution is -2.36. The molecule has 0 atom stereocenters. The zero-order chi connectivity index (χ0) is 19.9. The van der Waals surface area contributed by atoms with Crippen LogP contribution in [0.1, 0.15) is 30.1 Å². The predicted molar refractivity (Wildman–Crippen MR) is 109 cm³/mol. The predicted octanol–water partition coefficient (Wildman–Crippen LogP) is 3.88. The topological polar surface area (TPSA) is 75.9 Å². The molecule has 7 nitrogen and oxygen atoms in total. The molecule has 0 aliphatic carbocycles. The minimum absolute atomic E-state index is 0.0451. The van der Waals surface area contributed by atoms with Gasteiger partial charge in [-0.3, -0.25) is 14.9 Å². The Hall–Kier alpha value is -2.93. The van der Waals surface area contributed by atoms with Crippen molar-refractivity contribution in [1.82, 2.24) is 0 Å². The third-order valence-electron chi connectivity index (χ3n) is 4.82. The highest BCUT2D eigenvalue weighted by Crippen LogP contribution is 2.31. The van der Waals surface area contributed by atoms with E-state index in [1.54, 1.807) is 17.0 Å². The number of ether oxygens (including phenoxy) is 1. The van der Waals surface area contributed by atoms with Gasteiger partial charge in [0, 0.05) is 37.0 Å². The Balaban J connectivity index is 1.93. The van der Waals surface area contributed by atoms with Crippen LogP contribution >= 0.6 is 0 Å². The summed E-state index contributed by atoms with van der Waals surface area (Å²) >= 11 is 0. The molecule has 1 fully saturated rings. The number of nitrogens with zero attached hydrogens (tertiary/aromatic N) is 3. The van der Waals surface area contributed by atoms with E-state index < -0.39 is 4.92 Å². The molecule has 0 radical (unpaired) electrons. The highest BCUT2D eigenvalue weighted by molar-refractivity contribution is 6.06. The Morgan fingerprint density at radius 2 is 1.89 bits per heavy atom. The first-order chi connectivity index (χ1) is 13.6. The van der Waals surface area contributed by atoms with Crippen molar-refractivity contribution in [3.63, 3.8) is 0 Å². The average molecular weight is 383 g/mol. The number of nitro benzene ring substituents is 1. The van der Waals surface area contributed by atoms with Crippen molar-refractivity contribution in [2.45, 2.75) is 19.8 Å². The molecule has 0 N–H and O–H groups in total. The molecule has 1 aliphatic rings. The maximum Gasteiger partial charge on any atom is 0.293 e. The fourth-order valence-corrected chi connectivity index (χ4v) is 3.30. The molecule has 1 saturated heterocycles. The fourth-order valence-electron chi connectivity index (χ4n) is 3.30. The Morgan fingerprint density at radius 1 is 1.18 bits per heavy atom. The van der Waals surface area contributed by atoms with Gasteiger partial charge < -0.3 is 14.5 Å². The Labute approximate surface area is 164 Å². The van der Waals surface area contributed by atoms with Crippen molar-refractivity contribution in [2.24, 2.45) is 0 Å². The number of nitro groups is 1. The molecular formula is C21H25N3O4. The van der Waals surface area contributed by atoms with Gasteiger partial charge in [0.05, 0.1) is 18.1 Å². The fraction of sp³-hybridized carbons (Fsp3) is 0.381. The van der Waals surface area contributed by atoms with Gasteiger partial charge in [0.25, 0.3) is 11.6 Å². The van der Waals surface area contributed by atoms with E-state index in [0.29, 0.717) is 44.1 Å². The second kappa shape index (κ2) is 9.32. The van der Waals surface area contributed by atoms with E-state index in [0.717, 1.165) is 18.5 Å². The number of anilines is 2. The van der Waals surface area contributed by atoms with E-state index in [1.807, 2.05) is 35.2 Å². The molecule has 1 amide bonds. The Bertz CT molecular complexity index is 820. The summed E-state index contributed by atoms with van der Waals surface area (Å²) in [4.78, 5) is 28.1. The second-order valence-electron chi connectivity index (χ2n) is 6.71. The number of hydrogen-bond donors (Lipinski definition) is 0. The third-order valence-corrected chi connectivity index (χ3v) is 4.82. The highest BCUT2D eigenvalue weighted by atomic mass is 16.6. The quantitative estimate of drug-likeness (QED) is 0.536. The molecule has 0 spiro atoms. The van der Waals surface area contributed by atoms with Crippen molar-refractivity contribution in [1.29, 1.82) is 0 Å². The monoisotopic (exact) mass is 383 g/mol. The zero-order valence-electron chi connectivity index (χ0n) is 16.0. The summed E-state index contributed by atoms with van der Waals surface area (Å²) in [6.45, 7) is 4.91. The van der Waals surface area contributed by atoms with Crippen LogP contribution in [0.2, 0.25) is 0 Å². The number of benzene rings is 2. The Kier molecular flexibility index (Phi) is 6.60. The molecule has 1 aliphatic heterocycles. The number of hydrogen-bond acceptors (Lipinski definition) is 5. The molecule has 148 valence electrons. The first-order valence-corrected chi connectivity index (χ1v) is 9.60. The SMILES string of the molecule is CCCCN(C(=O)c1ccc(N2CCOCC2)c([N+](=O)[O-])c1)c1ccccc1. The molecule has 0 unspecified atom stereocenters. The van der Waals surface area contributed by atoms with Crippen LogP contribution in [0.25, 0.3) is 0 Å². The smallest absolute Gasteiger partial charge is 0.293 e. The standard InChI is InChI=1S/C21H25N3O4/c1-2-3-11-23(18-7-5-4-6-8-18)21(25)17-9-10-19(20(16-17)24(26)27)22-12-14-28-15-13-22/h4-10,16H,2-3,11-15H2,1H3. The number of carbonyl (C=O) groups is 1. The molecule has 0 saturated carbocycles. The summed E-state index contributed by atoms with van der Waals surface area (Å²) in [5, 5.41) is 11.7. The first kappa shape index (κ1) is 19.8. The summed E-state index contributed by atoms with van der Waals surface area (Å²) in [5.41, 5.74) is 1.60. The number of morpholine rings is 1. The van der Waals surface area contributed by atoms with Gasteiger partial charge >= 0.3 is 0 Å².